The van der Waals surface area contributed by atoms with E-state index in [1.807, 2.05) is 35.4 Å². The molecule has 0 aliphatic carbocycles. The number of hydrogen-bond donors (Lipinski definition) is 1. The van der Waals surface area contributed by atoms with Crippen molar-refractivity contribution in [2.75, 3.05) is 20.3 Å². The van der Waals surface area contributed by atoms with Gasteiger partial charge in [0.05, 0.1) is 18.0 Å². The van der Waals surface area contributed by atoms with Gasteiger partial charge in [-0.3, -0.25) is 4.40 Å². The van der Waals surface area contributed by atoms with Crippen LogP contribution in [0.2, 0.25) is 0 Å². The molecule has 3 aromatic heterocycles. The molecule has 3 rings (SSSR count). The molecule has 0 unspecified atom stereocenters. The van der Waals surface area contributed by atoms with Crippen molar-refractivity contribution in [2.45, 2.75) is 13.5 Å². The second-order valence-electron chi connectivity index (χ2n) is 4.51. The average molecular weight is 291 g/mol. The molecule has 0 saturated heterocycles. The van der Waals surface area contributed by atoms with E-state index >= 15 is 0 Å². The molecular weight excluding hydrogens is 274 g/mol. The number of methoxy groups -OCH3 is 1. The van der Waals surface area contributed by atoms with Crippen molar-refractivity contribution in [1.82, 2.24) is 24.5 Å². The van der Waals surface area contributed by atoms with E-state index in [0.717, 1.165) is 35.3 Å². The third-order valence-corrected chi connectivity index (χ3v) is 3.81. The van der Waals surface area contributed by atoms with Crippen LogP contribution in [0.4, 0.5) is 0 Å². The third kappa shape index (κ3) is 2.47. The molecule has 7 heteroatoms. The summed E-state index contributed by atoms with van der Waals surface area (Å²) in [5.74, 6) is 0.884. The normalized spacial score (nSPS) is 11.5. The van der Waals surface area contributed by atoms with Crippen LogP contribution in [0.15, 0.2) is 23.8 Å². The Morgan fingerprint density at radius 1 is 1.40 bits per heavy atom. The first-order valence-corrected chi connectivity index (χ1v) is 7.34. The molecule has 0 spiro atoms. The van der Waals surface area contributed by atoms with Gasteiger partial charge in [-0.15, -0.1) is 11.3 Å². The summed E-state index contributed by atoms with van der Waals surface area (Å²) in [7, 11) is 1.70. The Hall–Kier alpha value is -1.70. The largest absolute Gasteiger partial charge is 0.383 e. The maximum atomic E-state index is 5.05. The molecule has 0 fully saturated rings. The summed E-state index contributed by atoms with van der Waals surface area (Å²) < 4.78 is 9.00. The molecule has 1 N–H and O–H groups in total. The van der Waals surface area contributed by atoms with Gasteiger partial charge >= 0.3 is 0 Å². The van der Waals surface area contributed by atoms with E-state index in [1.54, 1.807) is 18.4 Å². The van der Waals surface area contributed by atoms with Crippen LogP contribution in [-0.4, -0.2) is 39.4 Å². The zero-order valence-corrected chi connectivity index (χ0v) is 12.4. The van der Waals surface area contributed by atoms with Gasteiger partial charge in [-0.1, -0.05) is 0 Å². The molecule has 106 valence electrons. The molecule has 0 radical (unpaired) electrons. The van der Waals surface area contributed by atoms with E-state index in [-0.39, 0.29) is 0 Å². The summed E-state index contributed by atoms with van der Waals surface area (Å²) in [6, 6.07) is 1.98. The van der Waals surface area contributed by atoms with Crippen molar-refractivity contribution in [1.29, 1.82) is 0 Å². The summed E-state index contributed by atoms with van der Waals surface area (Å²) in [5.41, 5.74) is 2.10. The van der Waals surface area contributed by atoms with Crippen LogP contribution in [0.5, 0.6) is 0 Å². The fourth-order valence-corrected chi connectivity index (χ4v) is 2.81. The molecule has 6 nitrogen and oxygen atoms in total. The number of aryl methyl sites for hydroxylation is 1. The first kappa shape index (κ1) is 13.3. The Kier molecular flexibility index (Phi) is 3.81. The van der Waals surface area contributed by atoms with E-state index in [9.17, 15) is 0 Å². The molecule has 20 heavy (non-hydrogen) atoms. The van der Waals surface area contributed by atoms with Gasteiger partial charge < -0.3 is 10.1 Å². The highest BCUT2D eigenvalue weighted by molar-refractivity contribution is 7.15. The maximum absolute atomic E-state index is 5.05. The predicted octanol–water partition coefficient (Wildman–Crippen LogP) is 1.63. The van der Waals surface area contributed by atoms with Gasteiger partial charge in [0.1, 0.15) is 0 Å². The predicted molar refractivity (Wildman–Crippen MR) is 78.5 cm³/mol. The van der Waals surface area contributed by atoms with E-state index in [0.29, 0.717) is 6.61 Å². The number of fused-ring (bicyclic) bond motifs is 1. The lowest BCUT2D eigenvalue weighted by Crippen LogP contribution is -2.20. The molecule has 0 bridgehead atoms. The van der Waals surface area contributed by atoms with Crippen LogP contribution in [0.1, 0.15) is 11.4 Å². The van der Waals surface area contributed by atoms with Crippen LogP contribution < -0.4 is 5.32 Å². The second-order valence-corrected chi connectivity index (χ2v) is 5.38. The molecule has 0 atom stereocenters. The van der Waals surface area contributed by atoms with E-state index in [4.69, 9.17) is 4.74 Å². The fourth-order valence-electron chi connectivity index (χ4n) is 2.08. The number of thiazole rings is 1. The zero-order valence-electron chi connectivity index (χ0n) is 11.5. The minimum Gasteiger partial charge on any atom is -0.383 e. The number of ether oxygens (including phenoxy) is 1. The van der Waals surface area contributed by atoms with Gasteiger partial charge in [0.25, 0.3) is 0 Å². The summed E-state index contributed by atoms with van der Waals surface area (Å²) in [6.07, 6.45) is 3.99. The minimum absolute atomic E-state index is 0.696. The lowest BCUT2D eigenvalue weighted by molar-refractivity contribution is 0.199. The molecule has 0 saturated carbocycles. The SMILES string of the molecule is COCCNCc1c(-n2ccc(C)n2)nc2sccn12. The van der Waals surface area contributed by atoms with E-state index in [2.05, 4.69) is 19.8 Å². The highest BCUT2D eigenvalue weighted by atomic mass is 32.1. The molecule has 0 aromatic carbocycles. The van der Waals surface area contributed by atoms with Crippen molar-refractivity contribution in [3.05, 3.63) is 35.2 Å². The standard InChI is InChI=1S/C13H17N5OS/c1-10-3-5-18(16-10)12-11(9-14-4-7-19-2)17-6-8-20-13(17)15-12/h3,5-6,8,14H,4,7,9H2,1-2H3. The number of nitrogens with one attached hydrogen (secondary N) is 1. The van der Waals surface area contributed by atoms with Gasteiger partial charge in [-0.25, -0.2) is 4.68 Å². The van der Waals surface area contributed by atoms with Crippen LogP contribution in [-0.2, 0) is 11.3 Å². The Balaban J connectivity index is 1.92. The van der Waals surface area contributed by atoms with Gasteiger partial charge in [-0.2, -0.15) is 10.1 Å². The van der Waals surface area contributed by atoms with Gasteiger partial charge in [-0.05, 0) is 13.0 Å². The van der Waals surface area contributed by atoms with Gasteiger partial charge in [0, 0.05) is 38.0 Å². The Morgan fingerprint density at radius 2 is 2.30 bits per heavy atom. The third-order valence-electron chi connectivity index (χ3n) is 3.05. The summed E-state index contributed by atoms with van der Waals surface area (Å²) in [5, 5.41) is 9.86. The first-order chi connectivity index (χ1) is 9.79. The van der Waals surface area contributed by atoms with Crippen LogP contribution in [0, 0.1) is 6.92 Å². The Morgan fingerprint density at radius 3 is 3.05 bits per heavy atom. The summed E-state index contributed by atoms with van der Waals surface area (Å²) in [6.45, 7) is 4.22. The lowest BCUT2D eigenvalue weighted by atomic mass is 10.4. The molecule has 0 aliphatic heterocycles. The molecular formula is C13H17N5OS. The number of imidazole rings is 1. The van der Waals surface area contributed by atoms with Crippen LogP contribution >= 0.6 is 11.3 Å². The molecule has 3 heterocycles. The van der Waals surface area contributed by atoms with Crippen molar-refractivity contribution in [3.8, 4) is 5.82 Å². The molecule has 0 aliphatic rings. The highest BCUT2D eigenvalue weighted by Crippen LogP contribution is 2.20. The maximum Gasteiger partial charge on any atom is 0.196 e. The van der Waals surface area contributed by atoms with Gasteiger partial charge in [0.2, 0.25) is 0 Å². The summed E-state index contributed by atoms with van der Waals surface area (Å²) in [4.78, 5) is 5.65. The Labute approximate surface area is 121 Å². The van der Waals surface area contributed by atoms with Crippen molar-refractivity contribution < 1.29 is 4.74 Å². The Bertz CT molecular complexity index is 699. The monoisotopic (exact) mass is 291 g/mol. The van der Waals surface area contributed by atoms with Gasteiger partial charge in [0.15, 0.2) is 10.8 Å². The number of nitrogens with zero attached hydrogens (tertiary/aromatic N) is 4. The van der Waals surface area contributed by atoms with Crippen molar-refractivity contribution in [2.24, 2.45) is 0 Å². The molecule has 3 aromatic rings. The fraction of sp³-hybridized carbons (Fsp3) is 0.385. The van der Waals surface area contributed by atoms with E-state index in [1.165, 1.54) is 0 Å². The molecule has 0 amide bonds. The van der Waals surface area contributed by atoms with Crippen LogP contribution in [0.25, 0.3) is 10.8 Å². The zero-order chi connectivity index (χ0) is 13.9. The smallest absolute Gasteiger partial charge is 0.196 e. The van der Waals surface area contributed by atoms with E-state index < -0.39 is 0 Å². The van der Waals surface area contributed by atoms with Crippen molar-refractivity contribution in [3.63, 3.8) is 0 Å². The quantitative estimate of drug-likeness (QED) is 0.701. The highest BCUT2D eigenvalue weighted by Gasteiger charge is 2.14. The summed E-state index contributed by atoms with van der Waals surface area (Å²) >= 11 is 1.63. The number of aromatic nitrogens is 4. The number of hydrogen-bond acceptors (Lipinski definition) is 5. The average Bonchev–Trinajstić information content (AvgIpc) is 3.10. The van der Waals surface area contributed by atoms with Crippen molar-refractivity contribution >= 4 is 16.3 Å². The lowest BCUT2D eigenvalue weighted by Gasteiger charge is -2.06. The van der Waals surface area contributed by atoms with Crippen LogP contribution in [0.3, 0.4) is 0 Å². The number of rotatable bonds is 6. The second kappa shape index (κ2) is 5.74. The minimum atomic E-state index is 0.696. The topological polar surface area (TPSA) is 56.4 Å². The first-order valence-electron chi connectivity index (χ1n) is 6.46.